The third-order valence-electron chi connectivity index (χ3n) is 3.25. The molecule has 2 rings (SSSR count). The molecular formula is C16H24N4. The Labute approximate surface area is 121 Å². The molecule has 108 valence electrons. The highest BCUT2D eigenvalue weighted by molar-refractivity contribution is 5.60. The van der Waals surface area contributed by atoms with Crippen LogP contribution in [0, 0.1) is 5.92 Å². The number of hydrogen-bond acceptors (Lipinski definition) is 3. The molecule has 1 aromatic heterocycles. The van der Waals surface area contributed by atoms with Gasteiger partial charge in [-0.15, -0.1) is 0 Å². The topological polar surface area (TPSA) is 42.7 Å². The van der Waals surface area contributed by atoms with Crippen LogP contribution in [0.1, 0.15) is 32.9 Å². The molecule has 0 fully saturated rings. The van der Waals surface area contributed by atoms with Gasteiger partial charge in [-0.05, 0) is 25.8 Å². The molecule has 0 unspecified atom stereocenters. The van der Waals surface area contributed by atoms with Crippen LogP contribution in [0.3, 0.4) is 0 Å². The lowest BCUT2D eigenvalue weighted by molar-refractivity contribution is 0.526. The van der Waals surface area contributed by atoms with Gasteiger partial charge in [0.1, 0.15) is 11.4 Å². The van der Waals surface area contributed by atoms with Crippen molar-refractivity contribution in [3.8, 4) is 11.3 Å². The first-order chi connectivity index (χ1) is 9.70. The largest absolute Gasteiger partial charge is 0.311 e. The minimum Gasteiger partial charge on any atom is -0.311 e. The van der Waals surface area contributed by atoms with E-state index in [4.69, 9.17) is 0 Å². The van der Waals surface area contributed by atoms with E-state index in [0.29, 0.717) is 0 Å². The molecule has 0 saturated carbocycles. The SMILES string of the molecule is CCn1nc(CNCCC(C)C)c(-c2ccccc2)n1. The minimum absolute atomic E-state index is 0.724. The number of aromatic nitrogens is 3. The second-order valence-electron chi connectivity index (χ2n) is 5.41. The third kappa shape index (κ3) is 3.90. The first-order valence-electron chi connectivity index (χ1n) is 7.40. The summed E-state index contributed by atoms with van der Waals surface area (Å²) in [4.78, 5) is 1.77. The first-order valence-corrected chi connectivity index (χ1v) is 7.40. The molecule has 0 aliphatic heterocycles. The molecule has 20 heavy (non-hydrogen) atoms. The van der Waals surface area contributed by atoms with Gasteiger partial charge in [0.2, 0.25) is 0 Å². The summed E-state index contributed by atoms with van der Waals surface area (Å²) >= 11 is 0. The molecule has 1 heterocycles. The van der Waals surface area contributed by atoms with Gasteiger partial charge in [-0.25, -0.2) is 0 Å². The van der Waals surface area contributed by atoms with Crippen molar-refractivity contribution >= 4 is 0 Å². The fraction of sp³-hybridized carbons (Fsp3) is 0.500. The minimum atomic E-state index is 0.724. The second kappa shape index (κ2) is 7.20. The predicted molar refractivity (Wildman–Crippen MR) is 82.3 cm³/mol. The van der Waals surface area contributed by atoms with Crippen molar-refractivity contribution in [2.75, 3.05) is 6.54 Å². The Morgan fingerprint density at radius 3 is 2.55 bits per heavy atom. The summed E-state index contributed by atoms with van der Waals surface area (Å²) in [6, 6.07) is 10.3. The highest BCUT2D eigenvalue weighted by atomic mass is 15.5. The van der Waals surface area contributed by atoms with Crippen LogP contribution in [-0.4, -0.2) is 21.5 Å². The summed E-state index contributed by atoms with van der Waals surface area (Å²) in [5.74, 6) is 0.724. The van der Waals surface area contributed by atoms with Gasteiger partial charge in [-0.2, -0.15) is 15.0 Å². The maximum Gasteiger partial charge on any atom is 0.117 e. The zero-order valence-electron chi connectivity index (χ0n) is 12.6. The van der Waals surface area contributed by atoms with Gasteiger partial charge in [-0.3, -0.25) is 0 Å². The van der Waals surface area contributed by atoms with Crippen molar-refractivity contribution in [3.05, 3.63) is 36.0 Å². The molecule has 0 saturated heterocycles. The Morgan fingerprint density at radius 1 is 1.15 bits per heavy atom. The van der Waals surface area contributed by atoms with Gasteiger partial charge in [0.15, 0.2) is 0 Å². The van der Waals surface area contributed by atoms with E-state index in [1.165, 1.54) is 6.42 Å². The molecule has 0 atom stereocenters. The Hall–Kier alpha value is -1.68. The summed E-state index contributed by atoms with van der Waals surface area (Å²) in [6.07, 6.45) is 1.18. The smallest absolute Gasteiger partial charge is 0.117 e. The molecule has 0 spiro atoms. The van der Waals surface area contributed by atoms with Crippen LogP contribution in [0.4, 0.5) is 0 Å². The highest BCUT2D eigenvalue weighted by Gasteiger charge is 2.11. The number of hydrogen-bond donors (Lipinski definition) is 1. The lowest BCUT2D eigenvalue weighted by Gasteiger charge is -2.06. The molecule has 1 N–H and O–H groups in total. The Kier molecular flexibility index (Phi) is 5.30. The number of aryl methyl sites for hydroxylation is 1. The molecular weight excluding hydrogens is 248 g/mol. The predicted octanol–water partition coefficient (Wildman–Crippen LogP) is 3.10. The standard InChI is InChI=1S/C16H24N4/c1-4-20-18-15(12-17-11-10-13(2)3)16(19-20)14-8-6-5-7-9-14/h5-9,13,17H,4,10-12H2,1-3H3. The monoisotopic (exact) mass is 272 g/mol. The van der Waals surface area contributed by atoms with Gasteiger partial charge in [0.05, 0.1) is 6.54 Å². The van der Waals surface area contributed by atoms with E-state index in [9.17, 15) is 0 Å². The van der Waals surface area contributed by atoms with Crippen LogP contribution in [0.5, 0.6) is 0 Å². The number of nitrogens with one attached hydrogen (secondary N) is 1. The maximum absolute atomic E-state index is 4.58. The van der Waals surface area contributed by atoms with Crippen LogP contribution in [0.25, 0.3) is 11.3 Å². The van der Waals surface area contributed by atoms with Crippen LogP contribution < -0.4 is 5.32 Å². The third-order valence-corrected chi connectivity index (χ3v) is 3.25. The molecule has 2 aromatic rings. The average Bonchev–Trinajstić information content (AvgIpc) is 2.88. The quantitative estimate of drug-likeness (QED) is 0.788. The molecule has 4 nitrogen and oxygen atoms in total. The fourth-order valence-corrected chi connectivity index (χ4v) is 2.06. The second-order valence-corrected chi connectivity index (χ2v) is 5.41. The summed E-state index contributed by atoms with van der Waals surface area (Å²) < 4.78 is 0. The molecule has 0 radical (unpaired) electrons. The lowest BCUT2D eigenvalue weighted by atomic mass is 10.1. The van der Waals surface area contributed by atoms with Crippen molar-refractivity contribution in [1.82, 2.24) is 20.3 Å². The van der Waals surface area contributed by atoms with E-state index in [2.05, 4.69) is 48.4 Å². The zero-order chi connectivity index (χ0) is 14.4. The van der Waals surface area contributed by atoms with Gasteiger partial charge < -0.3 is 5.32 Å². The van der Waals surface area contributed by atoms with E-state index >= 15 is 0 Å². The molecule has 4 heteroatoms. The maximum atomic E-state index is 4.58. The summed E-state index contributed by atoms with van der Waals surface area (Å²) in [7, 11) is 0. The van der Waals surface area contributed by atoms with E-state index in [0.717, 1.165) is 42.5 Å². The molecule has 0 bridgehead atoms. The Bertz CT molecular complexity index is 517. The number of rotatable bonds is 7. The van der Waals surface area contributed by atoms with Crippen molar-refractivity contribution in [2.45, 2.75) is 40.3 Å². The normalized spacial score (nSPS) is 11.2. The summed E-state index contributed by atoms with van der Waals surface area (Å²) in [5, 5.41) is 12.6. The van der Waals surface area contributed by atoms with E-state index in [-0.39, 0.29) is 0 Å². The van der Waals surface area contributed by atoms with E-state index in [1.807, 2.05) is 18.2 Å². The van der Waals surface area contributed by atoms with Crippen LogP contribution >= 0.6 is 0 Å². The van der Waals surface area contributed by atoms with Gasteiger partial charge in [0, 0.05) is 12.1 Å². The first kappa shape index (κ1) is 14.7. The Balaban J connectivity index is 2.09. The highest BCUT2D eigenvalue weighted by Crippen LogP contribution is 2.19. The van der Waals surface area contributed by atoms with Crippen LogP contribution in [0.2, 0.25) is 0 Å². The zero-order valence-corrected chi connectivity index (χ0v) is 12.6. The van der Waals surface area contributed by atoms with Crippen molar-refractivity contribution < 1.29 is 0 Å². The van der Waals surface area contributed by atoms with Gasteiger partial charge in [0.25, 0.3) is 0 Å². The summed E-state index contributed by atoms with van der Waals surface area (Å²) in [5.41, 5.74) is 3.15. The number of nitrogens with zero attached hydrogens (tertiary/aromatic N) is 3. The number of benzene rings is 1. The molecule has 0 amide bonds. The van der Waals surface area contributed by atoms with Crippen molar-refractivity contribution in [1.29, 1.82) is 0 Å². The fourth-order valence-electron chi connectivity index (χ4n) is 2.06. The Morgan fingerprint density at radius 2 is 1.90 bits per heavy atom. The van der Waals surface area contributed by atoms with Gasteiger partial charge >= 0.3 is 0 Å². The van der Waals surface area contributed by atoms with E-state index in [1.54, 1.807) is 4.80 Å². The van der Waals surface area contributed by atoms with Crippen LogP contribution in [-0.2, 0) is 13.1 Å². The molecule has 0 aliphatic carbocycles. The van der Waals surface area contributed by atoms with Crippen molar-refractivity contribution in [3.63, 3.8) is 0 Å². The molecule has 0 aliphatic rings. The van der Waals surface area contributed by atoms with Crippen molar-refractivity contribution in [2.24, 2.45) is 5.92 Å². The molecule has 1 aromatic carbocycles. The average molecular weight is 272 g/mol. The van der Waals surface area contributed by atoms with E-state index < -0.39 is 0 Å². The lowest BCUT2D eigenvalue weighted by Crippen LogP contribution is -2.17. The van der Waals surface area contributed by atoms with Crippen LogP contribution in [0.15, 0.2) is 30.3 Å². The van der Waals surface area contributed by atoms with Gasteiger partial charge in [-0.1, -0.05) is 44.2 Å². The summed E-state index contributed by atoms with van der Waals surface area (Å²) in [6.45, 7) is 9.13.